The second-order valence-corrected chi connectivity index (χ2v) is 7.80. The number of amides is 1. The third kappa shape index (κ3) is 6.26. The van der Waals surface area contributed by atoms with Crippen LogP contribution in [0.3, 0.4) is 0 Å². The molecule has 1 rings (SSSR count). The first-order valence-electron chi connectivity index (χ1n) is 8.40. The lowest BCUT2D eigenvalue weighted by Crippen LogP contribution is -2.44. The third-order valence-electron chi connectivity index (χ3n) is 4.29. The molecular formula is C17H30ClN3O3S. The average Bonchev–Trinajstić information content (AvgIpc) is 2.59. The quantitative estimate of drug-likeness (QED) is 0.674. The fourth-order valence-corrected chi connectivity index (χ4v) is 3.77. The molecule has 0 heterocycles. The lowest BCUT2D eigenvalue weighted by Gasteiger charge is -2.19. The predicted molar refractivity (Wildman–Crippen MR) is 103 cm³/mol. The van der Waals surface area contributed by atoms with E-state index in [2.05, 4.69) is 5.32 Å². The maximum Gasteiger partial charge on any atom is 0.243 e. The summed E-state index contributed by atoms with van der Waals surface area (Å²) in [6, 6.07) is 6.04. The number of sulfonamides is 1. The first kappa shape index (κ1) is 23.9. The molecule has 0 aliphatic heterocycles. The highest BCUT2D eigenvalue weighted by molar-refractivity contribution is 7.89. The van der Waals surface area contributed by atoms with Gasteiger partial charge < -0.3 is 11.1 Å². The molecule has 1 amide bonds. The van der Waals surface area contributed by atoms with Gasteiger partial charge >= 0.3 is 0 Å². The molecule has 3 N–H and O–H groups in total. The molecule has 6 nitrogen and oxygen atoms in total. The SMILES string of the molecule is CCC(C)C(N)C(=O)NCc1ccc(S(=O)(=O)N(CC)CC)cc1.Cl. The third-order valence-corrected chi connectivity index (χ3v) is 6.36. The summed E-state index contributed by atoms with van der Waals surface area (Å²) in [6.07, 6.45) is 0.840. The molecule has 144 valence electrons. The van der Waals surface area contributed by atoms with E-state index in [0.717, 1.165) is 12.0 Å². The Hall–Kier alpha value is -1.15. The average molecular weight is 392 g/mol. The Labute approximate surface area is 157 Å². The normalized spacial score (nSPS) is 13.8. The van der Waals surface area contributed by atoms with Gasteiger partial charge in [0, 0.05) is 19.6 Å². The van der Waals surface area contributed by atoms with Crippen LogP contribution in [0.25, 0.3) is 0 Å². The number of benzene rings is 1. The zero-order valence-corrected chi connectivity index (χ0v) is 17.0. The summed E-state index contributed by atoms with van der Waals surface area (Å²) < 4.78 is 26.2. The number of halogens is 1. The van der Waals surface area contributed by atoms with E-state index >= 15 is 0 Å². The molecule has 0 aliphatic rings. The molecule has 1 aromatic rings. The molecule has 2 atom stereocenters. The largest absolute Gasteiger partial charge is 0.351 e. The van der Waals surface area contributed by atoms with Crippen molar-refractivity contribution in [2.45, 2.75) is 51.6 Å². The van der Waals surface area contributed by atoms with Crippen molar-refractivity contribution in [3.63, 3.8) is 0 Å². The van der Waals surface area contributed by atoms with Gasteiger partial charge in [-0.25, -0.2) is 8.42 Å². The Morgan fingerprint density at radius 1 is 1.16 bits per heavy atom. The Kier molecular flexibility index (Phi) is 10.3. The molecule has 8 heteroatoms. The topological polar surface area (TPSA) is 92.5 Å². The van der Waals surface area contributed by atoms with Gasteiger partial charge in [-0.1, -0.05) is 46.2 Å². The van der Waals surface area contributed by atoms with E-state index in [0.29, 0.717) is 19.6 Å². The van der Waals surface area contributed by atoms with Crippen molar-refractivity contribution in [1.29, 1.82) is 0 Å². The van der Waals surface area contributed by atoms with Crippen LogP contribution in [-0.2, 0) is 21.4 Å². The van der Waals surface area contributed by atoms with Crippen LogP contribution in [0.15, 0.2) is 29.2 Å². The Balaban J connectivity index is 0.00000576. The number of carbonyl (C=O) groups excluding carboxylic acids is 1. The van der Waals surface area contributed by atoms with Gasteiger partial charge in [-0.05, 0) is 23.6 Å². The van der Waals surface area contributed by atoms with E-state index in [1.165, 1.54) is 4.31 Å². The van der Waals surface area contributed by atoms with E-state index < -0.39 is 16.1 Å². The second kappa shape index (κ2) is 10.8. The zero-order chi connectivity index (χ0) is 18.3. The van der Waals surface area contributed by atoms with Crippen molar-refractivity contribution in [2.75, 3.05) is 13.1 Å². The zero-order valence-electron chi connectivity index (χ0n) is 15.4. The van der Waals surface area contributed by atoms with Crippen LogP contribution < -0.4 is 11.1 Å². The standard InChI is InChI=1S/C17H29N3O3S.ClH/c1-5-13(4)16(18)17(21)19-12-14-8-10-15(11-9-14)24(22,23)20(6-2)7-3;/h8-11,13,16H,5-7,12,18H2,1-4H3,(H,19,21);1H. The number of nitrogens with one attached hydrogen (secondary N) is 1. The van der Waals surface area contributed by atoms with Crippen molar-refractivity contribution in [1.82, 2.24) is 9.62 Å². The summed E-state index contributed by atoms with van der Waals surface area (Å²) >= 11 is 0. The van der Waals surface area contributed by atoms with Gasteiger partial charge in [0.25, 0.3) is 0 Å². The van der Waals surface area contributed by atoms with E-state index in [-0.39, 0.29) is 29.1 Å². The van der Waals surface area contributed by atoms with Crippen LogP contribution in [0.1, 0.15) is 39.7 Å². The van der Waals surface area contributed by atoms with Crippen LogP contribution in [0.2, 0.25) is 0 Å². The Morgan fingerprint density at radius 3 is 2.12 bits per heavy atom. The molecule has 0 saturated carbocycles. The van der Waals surface area contributed by atoms with E-state index in [9.17, 15) is 13.2 Å². The van der Waals surface area contributed by atoms with Crippen molar-refractivity contribution >= 4 is 28.3 Å². The van der Waals surface area contributed by atoms with Crippen LogP contribution in [0.4, 0.5) is 0 Å². The highest BCUT2D eigenvalue weighted by Crippen LogP contribution is 2.16. The minimum absolute atomic E-state index is 0. The molecule has 0 aliphatic carbocycles. The van der Waals surface area contributed by atoms with E-state index in [4.69, 9.17) is 5.73 Å². The van der Waals surface area contributed by atoms with Crippen LogP contribution in [0, 0.1) is 5.92 Å². The summed E-state index contributed by atoms with van der Waals surface area (Å²) in [7, 11) is -3.45. The predicted octanol–water partition coefficient (Wildman–Crippen LogP) is 2.13. The van der Waals surface area contributed by atoms with Gasteiger partial charge in [-0.3, -0.25) is 4.79 Å². The molecule has 2 unspecified atom stereocenters. The summed E-state index contributed by atoms with van der Waals surface area (Å²) in [5.74, 6) is -0.0734. The number of nitrogens with two attached hydrogens (primary N) is 1. The number of hydrogen-bond donors (Lipinski definition) is 2. The van der Waals surface area contributed by atoms with Crippen LogP contribution in [0.5, 0.6) is 0 Å². The maximum absolute atomic E-state index is 12.4. The number of nitrogens with zero attached hydrogens (tertiary/aromatic N) is 1. The molecule has 0 fully saturated rings. The smallest absolute Gasteiger partial charge is 0.243 e. The molecule has 1 aromatic carbocycles. The molecule has 0 bridgehead atoms. The van der Waals surface area contributed by atoms with Gasteiger partial charge in [0.05, 0.1) is 10.9 Å². The van der Waals surface area contributed by atoms with Crippen LogP contribution in [-0.4, -0.2) is 37.8 Å². The van der Waals surface area contributed by atoms with Crippen LogP contribution >= 0.6 is 12.4 Å². The number of carbonyl (C=O) groups is 1. The monoisotopic (exact) mass is 391 g/mol. The lowest BCUT2D eigenvalue weighted by atomic mass is 9.99. The number of rotatable bonds is 9. The molecule has 0 radical (unpaired) electrons. The van der Waals surface area contributed by atoms with Gasteiger partial charge in [-0.2, -0.15) is 4.31 Å². The molecule has 0 aromatic heterocycles. The summed E-state index contributed by atoms with van der Waals surface area (Å²) in [5.41, 5.74) is 6.72. The molecule has 25 heavy (non-hydrogen) atoms. The highest BCUT2D eigenvalue weighted by Gasteiger charge is 2.21. The minimum Gasteiger partial charge on any atom is -0.351 e. The van der Waals surface area contributed by atoms with Crippen molar-refractivity contribution < 1.29 is 13.2 Å². The fraction of sp³-hybridized carbons (Fsp3) is 0.588. The van der Waals surface area contributed by atoms with Gasteiger partial charge in [0.15, 0.2) is 0 Å². The van der Waals surface area contributed by atoms with Gasteiger partial charge in [0.1, 0.15) is 0 Å². The number of hydrogen-bond acceptors (Lipinski definition) is 4. The minimum atomic E-state index is -3.45. The maximum atomic E-state index is 12.4. The summed E-state index contributed by atoms with van der Waals surface area (Å²) in [5, 5.41) is 2.79. The first-order valence-corrected chi connectivity index (χ1v) is 9.84. The molecular weight excluding hydrogens is 362 g/mol. The van der Waals surface area contributed by atoms with E-state index in [1.54, 1.807) is 24.3 Å². The van der Waals surface area contributed by atoms with E-state index in [1.807, 2.05) is 27.7 Å². The van der Waals surface area contributed by atoms with Gasteiger partial charge in [0.2, 0.25) is 15.9 Å². The van der Waals surface area contributed by atoms with Crippen molar-refractivity contribution in [2.24, 2.45) is 11.7 Å². The molecule has 0 saturated heterocycles. The summed E-state index contributed by atoms with van der Waals surface area (Å²) in [6.45, 7) is 8.75. The highest BCUT2D eigenvalue weighted by atomic mass is 35.5. The lowest BCUT2D eigenvalue weighted by molar-refractivity contribution is -0.123. The Bertz CT molecular complexity index is 631. The summed E-state index contributed by atoms with van der Waals surface area (Å²) in [4.78, 5) is 12.2. The second-order valence-electron chi connectivity index (χ2n) is 5.86. The van der Waals surface area contributed by atoms with Crippen molar-refractivity contribution in [3.05, 3.63) is 29.8 Å². The first-order chi connectivity index (χ1) is 11.3. The molecule has 0 spiro atoms. The van der Waals surface area contributed by atoms with Gasteiger partial charge in [-0.15, -0.1) is 12.4 Å². The Morgan fingerprint density at radius 2 is 1.68 bits per heavy atom. The van der Waals surface area contributed by atoms with Crippen molar-refractivity contribution in [3.8, 4) is 0 Å². The fourth-order valence-electron chi connectivity index (χ4n) is 2.31.